The Bertz CT molecular complexity index is 1810. The van der Waals surface area contributed by atoms with E-state index in [4.69, 9.17) is 0 Å². The van der Waals surface area contributed by atoms with Crippen molar-refractivity contribution in [2.24, 2.45) is 4.99 Å². The quantitative estimate of drug-likeness (QED) is 0.354. The second-order valence-corrected chi connectivity index (χ2v) is 13.0. The Balaban J connectivity index is 1.75. The molecule has 0 spiro atoms. The second-order valence-electron chi connectivity index (χ2n) is 8.62. The van der Waals surface area contributed by atoms with Gasteiger partial charge in [-0.25, -0.2) is 9.98 Å². The van der Waals surface area contributed by atoms with E-state index < -0.39 is 12.8 Å². The van der Waals surface area contributed by atoms with E-state index >= 15 is 0 Å². The third-order valence-corrected chi connectivity index (χ3v) is 12.0. The third kappa shape index (κ3) is 3.72. The monoisotopic (exact) mass is 529 g/mol. The van der Waals surface area contributed by atoms with Crippen LogP contribution in [0.4, 0.5) is 0 Å². The summed E-state index contributed by atoms with van der Waals surface area (Å²) in [6.07, 6.45) is 0. The van der Waals surface area contributed by atoms with Gasteiger partial charge in [0.1, 0.15) is 16.0 Å². The van der Waals surface area contributed by atoms with Crippen molar-refractivity contribution >= 4 is 50.9 Å². The van der Waals surface area contributed by atoms with Gasteiger partial charge in [0.2, 0.25) is 5.88 Å². The first-order valence-electron chi connectivity index (χ1n) is 11.9. The standard InChI is InChI=1S/C31H20N3O2PS/c32-20-26(31-34-30(36)28(38-31)27-24-18-10-11-19-25(24)33-29(27)35)37(21-12-4-1-5-13-21,22-14-6-2-7-15-22)23-16-8-3-9-17-23/h1-19,36H. The molecule has 1 aliphatic heterocycles. The Kier molecular flexibility index (Phi) is 6.09. The maximum Gasteiger partial charge on any atom is 0.279 e. The summed E-state index contributed by atoms with van der Waals surface area (Å²) in [6.45, 7) is -2.73. The highest BCUT2D eigenvalue weighted by Gasteiger charge is 2.34. The van der Waals surface area contributed by atoms with Crippen LogP contribution in [-0.4, -0.2) is 21.3 Å². The summed E-state index contributed by atoms with van der Waals surface area (Å²) >= 11 is 1.16. The van der Waals surface area contributed by atoms with Gasteiger partial charge in [-0.2, -0.15) is 5.26 Å². The van der Waals surface area contributed by atoms with Crippen LogP contribution in [0.5, 0.6) is 5.88 Å². The molecular weight excluding hydrogens is 509 g/mol. The number of aromatic hydroxyl groups is 1. The predicted molar refractivity (Wildman–Crippen MR) is 153 cm³/mol. The van der Waals surface area contributed by atoms with Crippen molar-refractivity contribution in [2.75, 3.05) is 0 Å². The van der Waals surface area contributed by atoms with E-state index in [1.54, 1.807) is 6.07 Å². The molecule has 1 aromatic heterocycles. The van der Waals surface area contributed by atoms with Crippen molar-refractivity contribution in [1.29, 1.82) is 5.26 Å². The molecule has 0 fully saturated rings. The molecule has 1 amide bonds. The zero-order chi connectivity index (χ0) is 26.1. The van der Waals surface area contributed by atoms with E-state index in [9.17, 15) is 15.2 Å². The van der Waals surface area contributed by atoms with E-state index in [0.29, 0.717) is 31.3 Å². The molecule has 5 nitrogen and oxygen atoms in total. The number of fused-ring (bicyclic) bond motifs is 1. The van der Waals surface area contributed by atoms with E-state index in [2.05, 4.69) is 16.0 Å². The van der Waals surface area contributed by atoms with Crippen molar-refractivity contribution < 1.29 is 9.90 Å². The van der Waals surface area contributed by atoms with Gasteiger partial charge in [-0.3, -0.25) is 4.79 Å². The van der Waals surface area contributed by atoms with Crippen LogP contribution >= 0.6 is 18.2 Å². The first-order chi connectivity index (χ1) is 18.6. The van der Waals surface area contributed by atoms with Gasteiger partial charge in [0.05, 0.1) is 16.2 Å². The van der Waals surface area contributed by atoms with Crippen molar-refractivity contribution in [3.05, 3.63) is 136 Å². The summed E-state index contributed by atoms with van der Waals surface area (Å²) in [7, 11) is 0. The maximum absolute atomic E-state index is 12.9. The fourth-order valence-electron chi connectivity index (χ4n) is 4.91. The van der Waals surface area contributed by atoms with Crippen LogP contribution in [0.3, 0.4) is 0 Å². The van der Waals surface area contributed by atoms with Crippen LogP contribution in [-0.2, 0) is 4.79 Å². The van der Waals surface area contributed by atoms with Crippen LogP contribution < -0.4 is 26.5 Å². The van der Waals surface area contributed by atoms with Crippen molar-refractivity contribution in [1.82, 2.24) is 4.98 Å². The lowest BCUT2D eigenvalue weighted by molar-refractivity contribution is -0.112. The molecule has 2 heterocycles. The average molecular weight is 530 g/mol. The predicted octanol–water partition coefficient (Wildman–Crippen LogP) is 3.25. The fraction of sp³-hybridized carbons (Fsp3) is 0. The molecule has 7 heteroatoms. The summed E-state index contributed by atoms with van der Waals surface area (Å²) in [4.78, 5) is 21.9. The Labute approximate surface area is 223 Å². The van der Waals surface area contributed by atoms with Crippen LogP contribution in [0, 0.1) is 11.3 Å². The molecule has 0 bridgehead atoms. The van der Waals surface area contributed by atoms with Gasteiger partial charge in [0.25, 0.3) is 5.91 Å². The molecule has 4 aromatic carbocycles. The van der Waals surface area contributed by atoms with Gasteiger partial charge in [0.15, 0.2) is 0 Å². The van der Waals surface area contributed by atoms with Crippen molar-refractivity contribution in [3.63, 3.8) is 0 Å². The summed E-state index contributed by atoms with van der Waals surface area (Å²) in [5.74, 6) is -0.703. The number of para-hydroxylation sites is 1. The van der Waals surface area contributed by atoms with Gasteiger partial charge < -0.3 is 5.11 Å². The molecule has 0 saturated heterocycles. The molecule has 0 atom stereocenters. The van der Waals surface area contributed by atoms with Gasteiger partial charge in [0, 0.05) is 5.22 Å². The number of hydrogen-bond acceptors (Lipinski definition) is 5. The minimum Gasteiger partial charge on any atom is -0.492 e. The highest BCUT2D eigenvalue weighted by Crippen LogP contribution is 2.48. The van der Waals surface area contributed by atoms with Gasteiger partial charge in [-0.1, -0.05) is 109 Å². The number of carbonyl (C=O) groups is 1. The first-order valence-corrected chi connectivity index (χ1v) is 14.5. The Morgan fingerprint density at radius 3 is 1.79 bits per heavy atom. The molecule has 0 aliphatic carbocycles. The Morgan fingerprint density at radius 1 is 0.763 bits per heavy atom. The summed E-state index contributed by atoms with van der Waals surface area (Å²) < 4.78 is 0. The molecule has 6 rings (SSSR count). The molecular formula is C31H20N3O2PS. The van der Waals surface area contributed by atoms with E-state index in [1.165, 1.54) is 0 Å². The molecule has 5 aromatic rings. The fourth-order valence-corrected chi connectivity index (χ4v) is 10.4. The van der Waals surface area contributed by atoms with E-state index in [-0.39, 0.29) is 5.88 Å². The number of thiazole rings is 1. The molecule has 1 N–H and O–H groups in total. The van der Waals surface area contributed by atoms with Crippen LogP contribution in [0.1, 0.15) is 9.88 Å². The smallest absolute Gasteiger partial charge is 0.279 e. The van der Waals surface area contributed by atoms with Gasteiger partial charge in [-0.05, 0) is 28.9 Å². The molecule has 182 valence electrons. The largest absolute Gasteiger partial charge is 0.492 e. The summed E-state index contributed by atoms with van der Waals surface area (Å²) in [5, 5.41) is 26.9. The lowest BCUT2D eigenvalue weighted by Gasteiger charge is -2.29. The molecule has 0 unspecified atom stereocenters. The SMILES string of the molecule is N#CC(c1nc(O)c(C2=c3ccccc3=NC2=O)s1)=P(c1ccccc1)(c1ccccc1)c1ccccc1. The van der Waals surface area contributed by atoms with E-state index in [1.807, 2.05) is 109 Å². The van der Waals surface area contributed by atoms with Gasteiger partial charge >= 0.3 is 0 Å². The number of nitriles is 1. The number of carbonyl (C=O) groups excluding carboxylic acids is 1. The lowest BCUT2D eigenvalue weighted by atomic mass is 10.1. The lowest BCUT2D eigenvalue weighted by Crippen LogP contribution is -2.30. The van der Waals surface area contributed by atoms with Crippen molar-refractivity contribution in [2.45, 2.75) is 0 Å². The molecule has 0 saturated carbocycles. The zero-order valence-electron chi connectivity index (χ0n) is 20.0. The number of hydrogen-bond donors (Lipinski definition) is 1. The summed E-state index contributed by atoms with van der Waals surface area (Å²) in [5.41, 5.74) is 0.308. The first kappa shape index (κ1) is 23.8. The van der Waals surface area contributed by atoms with Crippen LogP contribution in [0.15, 0.2) is 120 Å². The van der Waals surface area contributed by atoms with Gasteiger partial charge in [-0.15, -0.1) is 11.3 Å². The number of benzene rings is 4. The Morgan fingerprint density at radius 2 is 1.26 bits per heavy atom. The number of rotatable bonds is 5. The summed E-state index contributed by atoms with van der Waals surface area (Å²) in [6, 6.07) is 39.7. The average Bonchev–Trinajstić information content (AvgIpc) is 3.50. The normalized spacial score (nSPS) is 12.5. The number of nitrogens with zero attached hydrogens (tertiary/aromatic N) is 3. The maximum atomic E-state index is 12.9. The number of amides is 1. The van der Waals surface area contributed by atoms with E-state index in [0.717, 1.165) is 27.3 Å². The van der Waals surface area contributed by atoms with Crippen LogP contribution in [0.25, 0.3) is 5.57 Å². The molecule has 1 aliphatic rings. The molecule has 38 heavy (non-hydrogen) atoms. The Hall–Kier alpha value is -4.56. The number of aromatic nitrogens is 1. The highest BCUT2D eigenvalue weighted by molar-refractivity contribution is 7.96. The highest BCUT2D eigenvalue weighted by atomic mass is 32.1. The van der Waals surface area contributed by atoms with Crippen LogP contribution in [0.2, 0.25) is 0 Å². The minimum atomic E-state index is -2.73. The minimum absolute atomic E-state index is 0.278. The van der Waals surface area contributed by atoms with Crippen molar-refractivity contribution in [3.8, 4) is 11.9 Å². The molecule has 0 radical (unpaired) electrons. The zero-order valence-corrected chi connectivity index (χ0v) is 21.7. The third-order valence-electron chi connectivity index (χ3n) is 6.52. The second kappa shape index (κ2) is 9.72. The topological polar surface area (TPSA) is 86.3 Å².